The van der Waals surface area contributed by atoms with Crippen LogP contribution in [0.25, 0.3) is 11.3 Å². The number of methoxy groups -OCH3 is 1. The standard InChI is InChI=1S/C17H19N3O3S2/c1-13-11-15(3-4-17(13)23-2)25(21,22)18-7-9-20-8-5-16(19-20)14-6-10-24-12-14/h3-6,8,10-12,18H,7,9H2,1-2H3. The summed E-state index contributed by atoms with van der Waals surface area (Å²) < 4.78 is 34.3. The molecular weight excluding hydrogens is 358 g/mol. The molecule has 0 unspecified atom stereocenters. The molecule has 3 rings (SSSR count). The van der Waals surface area contributed by atoms with Crippen molar-refractivity contribution in [1.82, 2.24) is 14.5 Å². The second-order valence-electron chi connectivity index (χ2n) is 5.51. The Kier molecular flexibility index (Phi) is 5.22. The van der Waals surface area contributed by atoms with Crippen molar-refractivity contribution in [2.75, 3.05) is 13.7 Å². The SMILES string of the molecule is COc1ccc(S(=O)(=O)NCCn2ccc(-c3ccsc3)n2)cc1C. The summed E-state index contributed by atoms with van der Waals surface area (Å²) in [6.07, 6.45) is 1.85. The Morgan fingerprint density at radius 3 is 2.80 bits per heavy atom. The molecule has 3 aromatic rings. The van der Waals surface area contributed by atoms with E-state index in [0.29, 0.717) is 12.3 Å². The second-order valence-corrected chi connectivity index (χ2v) is 8.05. The number of sulfonamides is 1. The zero-order valence-electron chi connectivity index (χ0n) is 14.0. The molecule has 0 aliphatic carbocycles. The summed E-state index contributed by atoms with van der Waals surface area (Å²) in [5, 5.41) is 8.48. The van der Waals surface area contributed by atoms with E-state index in [4.69, 9.17) is 4.74 Å². The lowest BCUT2D eigenvalue weighted by Crippen LogP contribution is -2.27. The molecule has 2 aromatic heterocycles. The summed E-state index contributed by atoms with van der Waals surface area (Å²) in [5.74, 6) is 0.663. The first-order valence-corrected chi connectivity index (χ1v) is 10.1. The van der Waals surface area contributed by atoms with Crippen LogP contribution >= 0.6 is 11.3 Å². The molecule has 132 valence electrons. The molecule has 0 amide bonds. The number of hydrogen-bond acceptors (Lipinski definition) is 5. The number of benzene rings is 1. The fourth-order valence-corrected chi connectivity index (χ4v) is 4.20. The van der Waals surface area contributed by atoms with E-state index < -0.39 is 10.0 Å². The summed E-state index contributed by atoms with van der Waals surface area (Å²) in [5.41, 5.74) is 2.73. The number of thiophene rings is 1. The number of rotatable bonds is 7. The number of aromatic nitrogens is 2. The number of hydrogen-bond donors (Lipinski definition) is 1. The van der Waals surface area contributed by atoms with Crippen molar-refractivity contribution in [3.8, 4) is 17.0 Å². The van der Waals surface area contributed by atoms with Gasteiger partial charge in [0.1, 0.15) is 5.75 Å². The quantitative estimate of drug-likeness (QED) is 0.687. The van der Waals surface area contributed by atoms with Gasteiger partial charge in [0.15, 0.2) is 0 Å². The van der Waals surface area contributed by atoms with Gasteiger partial charge in [0, 0.05) is 23.7 Å². The Morgan fingerprint density at radius 2 is 2.12 bits per heavy atom. The minimum absolute atomic E-state index is 0.227. The van der Waals surface area contributed by atoms with E-state index in [0.717, 1.165) is 16.8 Å². The van der Waals surface area contributed by atoms with Crippen LogP contribution in [0.4, 0.5) is 0 Å². The van der Waals surface area contributed by atoms with E-state index in [9.17, 15) is 8.42 Å². The van der Waals surface area contributed by atoms with E-state index in [1.807, 2.05) is 36.0 Å². The molecule has 1 aromatic carbocycles. The molecule has 2 heterocycles. The fraction of sp³-hybridized carbons (Fsp3) is 0.235. The third-order valence-corrected chi connectivity index (χ3v) is 5.91. The normalized spacial score (nSPS) is 11.6. The van der Waals surface area contributed by atoms with Crippen LogP contribution in [-0.2, 0) is 16.6 Å². The molecule has 0 spiro atoms. The molecule has 1 N–H and O–H groups in total. The van der Waals surface area contributed by atoms with Crippen LogP contribution in [0.15, 0.2) is 52.2 Å². The first-order valence-electron chi connectivity index (χ1n) is 7.70. The van der Waals surface area contributed by atoms with Crippen molar-refractivity contribution < 1.29 is 13.2 Å². The first kappa shape index (κ1) is 17.7. The fourth-order valence-electron chi connectivity index (χ4n) is 2.45. The molecule has 0 saturated carbocycles. The number of aryl methyl sites for hydroxylation is 1. The van der Waals surface area contributed by atoms with Crippen molar-refractivity contribution in [1.29, 1.82) is 0 Å². The van der Waals surface area contributed by atoms with E-state index in [1.165, 1.54) is 6.07 Å². The maximum absolute atomic E-state index is 12.4. The summed E-state index contributed by atoms with van der Waals surface area (Å²) in [6.45, 7) is 2.53. The molecule has 0 radical (unpaired) electrons. The molecule has 8 heteroatoms. The van der Waals surface area contributed by atoms with Gasteiger partial charge in [-0.2, -0.15) is 16.4 Å². The Bertz CT molecular complexity index is 947. The van der Waals surface area contributed by atoms with Gasteiger partial charge in [-0.15, -0.1) is 0 Å². The van der Waals surface area contributed by atoms with Gasteiger partial charge in [0.25, 0.3) is 0 Å². The lowest BCUT2D eigenvalue weighted by atomic mass is 10.2. The number of nitrogens with zero attached hydrogens (tertiary/aromatic N) is 2. The molecule has 0 bridgehead atoms. The minimum atomic E-state index is -3.56. The average Bonchev–Trinajstić information content (AvgIpc) is 3.26. The largest absolute Gasteiger partial charge is 0.496 e. The molecule has 0 aliphatic heterocycles. The Balaban J connectivity index is 1.62. The van der Waals surface area contributed by atoms with Crippen LogP contribution in [-0.4, -0.2) is 31.9 Å². The van der Waals surface area contributed by atoms with Crippen LogP contribution < -0.4 is 9.46 Å². The highest BCUT2D eigenvalue weighted by molar-refractivity contribution is 7.89. The Labute approximate surface area is 151 Å². The molecule has 0 atom stereocenters. The lowest BCUT2D eigenvalue weighted by molar-refractivity contribution is 0.411. The van der Waals surface area contributed by atoms with Crippen LogP contribution in [0.5, 0.6) is 5.75 Å². The summed E-state index contributed by atoms with van der Waals surface area (Å²) in [7, 11) is -2.00. The Hall–Kier alpha value is -2.16. The van der Waals surface area contributed by atoms with E-state index in [-0.39, 0.29) is 11.4 Å². The van der Waals surface area contributed by atoms with Gasteiger partial charge in [0.2, 0.25) is 10.0 Å². The predicted octanol–water partition coefficient (Wildman–Crippen LogP) is 2.91. The Morgan fingerprint density at radius 1 is 1.28 bits per heavy atom. The van der Waals surface area contributed by atoms with Gasteiger partial charge < -0.3 is 4.74 Å². The highest BCUT2D eigenvalue weighted by Gasteiger charge is 2.15. The maximum atomic E-state index is 12.4. The van der Waals surface area contributed by atoms with Gasteiger partial charge in [-0.1, -0.05) is 0 Å². The number of ether oxygens (including phenoxy) is 1. The third-order valence-electron chi connectivity index (χ3n) is 3.77. The molecule has 0 fully saturated rings. The minimum Gasteiger partial charge on any atom is -0.496 e. The van der Waals surface area contributed by atoms with Gasteiger partial charge in [0.05, 0.1) is 24.2 Å². The summed E-state index contributed by atoms with van der Waals surface area (Å²) >= 11 is 1.62. The second kappa shape index (κ2) is 7.38. The summed E-state index contributed by atoms with van der Waals surface area (Å²) in [4.78, 5) is 0.227. The number of nitrogens with one attached hydrogen (secondary N) is 1. The molecule has 25 heavy (non-hydrogen) atoms. The molecule has 0 saturated heterocycles. The van der Waals surface area contributed by atoms with Crippen molar-refractivity contribution in [2.45, 2.75) is 18.4 Å². The van der Waals surface area contributed by atoms with Crippen LogP contribution in [0.3, 0.4) is 0 Å². The van der Waals surface area contributed by atoms with Crippen molar-refractivity contribution in [3.05, 3.63) is 52.9 Å². The van der Waals surface area contributed by atoms with Crippen LogP contribution in [0, 0.1) is 6.92 Å². The lowest BCUT2D eigenvalue weighted by Gasteiger charge is -2.09. The zero-order valence-corrected chi connectivity index (χ0v) is 15.6. The summed E-state index contributed by atoms with van der Waals surface area (Å²) in [6, 6.07) is 8.72. The van der Waals surface area contributed by atoms with Crippen molar-refractivity contribution in [2.24, 2.45) is 0 Å². The predicted molar refractivity (Wildman–Crippen MR) is 98.5 cm³/mol. The van der Waals surface area contributed by atoms with E-state index in [1.54, 1.807) is 35.3 Å². The van der Waals surface area contributed by atoms with Gasteiger partial charge in [-0.05, 0) is 48.2 Å². The third kappa shape index (κ3) is 4.09. The maximum Gasteiger partial charge on any atom is 0.240 e. The zero-order chi connectivity index (χ0) is 17.9. The topological polar surface area (TPSA) is 73.2 Å². The van der Waals surface area contributed by atoms with E-state index in [2.05, 4.69) is 9.82 Å². The highest BCUT2D eigenvalue weighted by Crippen LogP contribution is 2.21. The van der Waals surface area contributed by atoms with Crippen molar-refractivity contribution >= 4 is 21.4 Å². The molecule has 0 aliphatic rings. The molecular formula is C17H19N3O3S2. The monoisotopic (exact) mass is 377 g/mol. The van der Waals surface area contributed by atoms with Crippen LogP contribution in [0.1, 0.15) is 5.56 Å². The van der Waals surface area contributed by atoms with Crippen molar-refractivity contribution in [3.63, 3.8) is 0 Å². The average molecular weight is 377 g/mol. The van der Waals surface area contributed by atoms with Gasteiger partial charge in [-0.25, -0.2) is 13.1 Å². The van der Waals surface area contributed by atoms with E-state index >= 15 is 0 Å². The highest BCUT2D eigenvalue weighted by atomic mass is 32.2. The first-order chi connectivity index (χ1) is 12.0. The van der Waals surface area contributed by atoms with Gasteiger partial charge >= 0.3 is 0 Å². The van der Waals surface area contributed by atoms with Gasteiger partial charge in [-0.3, -0.25) is 4.68 Å². The molecule has 6 nitrogen and oxygen atoms in total. The van der Waals surface area contributed by atoms with Crippen LogP contribution in [0.2, 0.25) is 0 Å². The smallest absolute Gasteiger partial charge is 0.240 e.